The van der Waals surface area contributed by atoms with Gasteiger partial charge in [-0.3, -0.25) is 4.79 Å². The van der Waals surface area contributed by atoms with E-state index in [0.29, 0.717) is 28.3 Å². The second-order valence-corrected chi connectivity index (χ2v) is 8.56. The molecule has 186 valence electrons. The Bertz CT molecular complexity index is 1330. The van der Waals surface area contributed by atoms with E-state index in [4.69, 9.17) is 19.6 Å². The molecule has 0 unspecified atom stereocenters. The topological polar surface area (TPSA) is 120 Å². The number of hydrogen-bond donors (Lipinski definition) is 4. The standard InChI is InChI=1S/C27H28N4O5/c32-16-21(33)17-36-22-9-7-19(8-10-22)28-27(34)23-5-2-6-24-25(23)30-26(29-24)18-3-1-4-20(15-18)31-11-13-35-14-12-31/h1-10,15,21,32-33H,11-14,16-17H2,(H,28,34)(H,29,30)/t21-/m1/s1. The summed E-state index contributed by atoms with van der Waals surface area (Å²) in [5.41, 5.74) is 4.50. The van der Waals surface area contributed by atoms with E-state index in [9.17, 15) is 9.90 Å². The minimum atomic E-state index is -0.939. The molecule has 3 aromatic carbocycles. The van der Waals surface area contributed by atoms with Crippen LogP contribution in [-0.4, -0.2) is 71.7 Å². The Morgan fingerprint density at radius 3 is 2.67 bits per heavy atom. The molecule has 0 spiro atoms. The number of hydrogen-bond acceptors (Lipinski definition) is 7. The molecule has 1 atom stereocenters. The minimum Gasteiger partial charge on any atom is -0.491 e. The summed E-state index contributed by atoms with van der Waals surface area (Å²) in [5, 5.41) is 21.2. The number of anilines is 2. The maximum atomic E-state index is 13.1. The highest BCUT2D eigenvalue weighted by Gasteiger charge is 2.16. The van der Waals surface area contributed by atoms with Crippen LogP contribution in [0.15, 0.2) is 66.7 Å². The summed E-state index contributed by atoms with van der Waals surface area (Å²) in [6.45, 7) is 2.76. The van der Waals surface area contributed by atoms with Crippen LogP contribution < -0.4 is 15.0 Å². The lowest BCUT2D eigenvalue weighted by molar-refractivity contribution is 0.0536. The Morgan fingerprint density at radius 2 is 1.89 bits per heavy atom. The van der Waals surface area contributed by atoms with Gasteiger partial charge in [-0.05, 0) is 48.5 Å². The van der Waals surface area contributed by atoms with Crippen LogP contribution in [0.4, 0.5) is 11.4 Å². The average Bonchev–Trinajstić information content (AvgIpc) is 3.38. The van der Waals surface area contributed by atoms with E-state index >= 15 is 0 Å². The summed E-state index contributed by atoms with van der Waals surface area (Å²) in [5.74, 6) is 0.955. The fraction of sp³-hybridized carbons (Fsp3) is 0.259. The monoisotopic (exact) mass is 488 g/mol. The van der Waals surface area contributed by atoms with Crippen LogP contribution in [0.5, 0.6) is 5.75 Å². The van der Waals surface area contributed by atoms with Crippen LogP contribution in [0.3, 0.4) is 0 Å². The SMILES string of the molecule is O=C(Nc1ccc(OC[C@H](O)CO)cc1)c1cccc2[nH]c(-c3cccc(N4CCOCC4)c3)nc12. The van der Waals surface area contributed by atoms with Gasteiger partial charge in [0.15, 0.2) is 0 Å². The van der Waals surface area contributed by atoms with Crippen LogP contribution >= 0.6 is 0 Å². The highest BCUT2D eigenvalue weighted by atomic mass is 16.5. The normalized spacial score (nSPS) is 14.6. The zero-order chi connectivity index (χ0) is 24.9. The number of imidazole rings is 1. The number of aromatic amines is 1. The quantitative estimate of drug-likeness (QED) is 0.301. The summed E-state index contributed by atoms with van der Waals surface area (Å²) in [6, 6.07) is 20.5. The van der Waals surface area contributed by atoms with Crippen molar-refractivity contribution in [1.29, 1.82) is 0 Å². The molecule has 1 aliphatic rings. The summed E-state index contributed by atoms with van der Waals surface area (Å²) < 4.78 is 10.9. The number of ether oxygens (including phenoxy) is 2. The first-order chi connectivity index (χ1) is 17.6. The highest BCUT2D eigenvalue weighted by Crippen LogP contribution is 2.27. The summed E-state index contributed by atoms with van der Waals surface area (Å²) in [4.78, 5) is 23.5. The number of fused-ring (bicyclic) bond motifs is 1. The number of para-hydroxylation sites is 1. The Kier molecular flexibility index (Phi) is 7.13. The van der Waals surface area contributed by atoms with Gasteiger partial charge in [0.25, 0.3) is 5.91 Å². The van der Waals surface area contributed by atoms with Crippen LogP contribution in [0.2, 0.25) is 0 Å². The van der Waals surface area contributed by atoms with Crippen molar-refractivity contribution in [2.45, 2.75) is 6.10 Å². The number of carbonyl (C=O) groups excluding carboxylic acids is 1. The van der Waals surface area contributed by atoms with E-state index in [2.05, 4.69) is 27.3 Å². The van der Waals surface area contributed by atoms with Crippen LogP contribution in [-0.2, 0) is 4.74 Å². The lowest BCUT2D eigenvalue weighted by atomic mass is 10.1. The Balaban J connectivity index is 1.33. The van der Waals surface area contributed by atoms with Gasteiger partial charge in [0.05, 0.1) is 30.9 Å². The summed E-state index contributed by atoms with van der Waals surface area (Å²) in [6.07, 6.45) is -0.939. The van der Waals surface area contributed by atoms with Crippen LogP contribution in [0.1, 0.15) is 10.4 Å². The molecular weight excluding hydrogens is 460 g/mol. The van der Waals surface area contributed by atoms with E-state index in [1.54, 1.807) is 30.3 Å². The third-order valence-corrected chi connectivity index (χ3v) is 6.02. The molecule has 2 heterocycles. The first kappa shape index (κ1) is 23.8. The molecule has 0 aliphatic carbocycles. The maximum Gasteiger partial charge on any atom is 0.257 e. The number of nitrogens with zero attached hydrogens (tertiary/aromatic N) is 2. The van der Waals surface area contributed by atoms with Crippen LogP contribution in [0, 0.1) is 0 Å². The first-order valence-electron chi connectivity index (χ1n) is 11.9. The van der Waals surface area contributed by atoms with Gasteiger partial charge in [-0.1, -0.05) is 18.2 Å². The van der Waals surface area contributed by atoms with E-state index in [1.807, 2.05) is 24.3 Å². The van der Waals surface area contributed by atoms with Crippen molar-refractivity contribution in [3.8, 4) is 17.1 Å². The minimum absolute atomic E-state index is 0.0128. The first-order valence-corrected chi connectivity index (χ1v) is 11.9. The van der Waals surface area contributed by atoms with E-state index in [1.165, 1.54) is 0 Å². The van der Waals surface area contributed by atoms with E-state index in [-0.39, 0.29) is 19.1 Å². The number of benzene rings is 3. The molecule has 4 N–H and O–H groups in total. The Morgan fingerprint density at radius 1 is 1.11 bits per heavy atom. The molecule has 4 aromatic rings. The van der Waals surface area contributed by atoms with Crippen molar-refractivity contribution >= 4 is 28.3 Å². The van der Waals surface area contributed by atoms with Crippen molar-refractivity contribution in [2.24, 2.45) is 0 Å². The zero-order valence-electron chi connectivity index (χ0n) is 19.7. The third-order valence-electron chi connectivity index (χ3n) is 6.02. The van der Waals surface area contributed by atoms with Crippen LogP contribution in [0.25, 0.3) is 22.4 Å². The lowest BCUT2D eigenvalue weighted by Gasteiger charge is -2.29. The number of aliphatic hydroxyl groups excluding tert-OH is 2. The molecule has 0 saturated carbocycles. The van der Waals surface area contributed by atoms with Crippen molar-refractivity contribution < 1.29 is 24.5 Å². The molecule has 9 nitrogen and oxygen atoms in total. The van der Waals surface area contributed by atoms with E-state index in [0.717, 1.165) is 43.1 Å². The predicted molar refractivity (Wildman–Crippen MR) is 138 cm³/mol. The molecule has 5 rings (SSSR count). The lowest BCUT2D eigenvalue weighted by Crippen LogP contribution is -2.36. The second kappa shape index (κ2) is 10.8. The van der Waals surface area contributed by atoms with Gasteiger partial charge in [-0.25, -0.2) is 4.98 Å². The fourth-order valence-electron chi connectivity index (χ4n) is 4.10. The molecular formula is C27H28N4O5. The number of aliphatic hydroxyl groups is 2. The van der Waals surface area contributed by atoms with Gasteiger partial charge in [0.1, 0.15) is 29.8 Å². The zero-order valence-corrected chi connectivity index (χ0v) is 19.7. The molecule has 1 saturated heterocycles. The summed E-state index contributed by atoms with van der Waals surface area (Å²) >= 11 is 0. The van der Waals surface area contributed by atoms with Gasteiger partial charge in [0, 0.05) is 30.0 Å². The van der Waals surface area contributed by atoms with Gasteiger partial charge < -0.3 is 34.9 Å². The number of H-pyrrole nitrogens is 1. The average molecular weight is 489 g/mol. The van der Waals surface area contributed by atoms with Gasteiger partial charge in [-0.15, -0.1) is 0 Å². The fourth-order valence-corrected chi connectivity index (χ4v) is 4.10. The molecule has 0 bridgehead atoms. The number of amides is 1. The number of carbonyl (C=O) groups is 1. The molecule has 1 amide bonds. The number of nitrogens with one attached hydrogen (secondary N) is 2. The van der Waals surface area contributed by atoms with Gasteiger partial charge in [0.2, 0.25) is 0 Å². The number of rotatable bonds is 8. The molecule has 0 radical (unpaired) electrons. The molecule has 1 fully saturated rings. The van der Waals surface area contributed by atoms with Crippen molar-refractivity contribution in [2.75, 3.05) is 49.7 Å². The summed E-state index contributed by atoms with van der Waals surface area (Å²) in [7, 11) is 0. The van der Waals surface area contributed by atoms with Gasteiger partial charge in [-0.2, -0.15) is 0 Å². The Labute approximate surface area is 208 Å². The predicted octanol–water partition coefficient (Wildman–Crippen LogP) is 3.05. The van der Waals surface area contributed by atoms with Crippen molar-refractivity contribution in [3.05, 3.63) is 72.3 Å². The largest absolute Gasteiger partial charge is 0.491 e. The second-order valence-electron chi connectivity index (χ2n) is 8.56. The Hall–Kier alpha value is -3.92. The molecule has 1 aliphatic heterocycles. The number of aromatic nitrogens is 2. The smallest absolute Gasteiger partial charge is 0.257 e. The molecule has 36 heavy (non-hydrogen) atoms. The number of morpholine rings is 1. The third kappa shape index (κ3) is 5.33. The van der Waals surface area contributed by atoms with Crippen molar-refractivity contribution in [1.82, 2.24) is 9.97 Å². The van der Waals surface area contributed by atoms with Crippen molar-refractivity contribution in [3.63, 3.8) is 0 Å². The maximum absolute atomic E-state index is 13.1. The van der Waals surface area contributed by atoms with Gasteiger partial charge >= 0.3 is 0 Å². The van der Waals surface area contributed by atoms with E-state index < -0.39 is 6.10 Å². The molecule has 9 heteroatoms. The highest BCUT2D eigenvalue weighted by molar-refractivity contribution is 6.11. The molecule has 1 aromatic heterocycles.